The molecule has 5 heteroatoms. The Balaban J connectivity index is 2.55. The highest BCUT2D eigenvalue weighted by molar-refractivity contribution is 5.69. The fourth-order valence-electron chi connectivity index (χ4n) is 2.00. The molecule has 1 N–H and O–H groups in total. The van der Waals surface area contributed by atoms with Crippen molar-refractivity contribution in [1.82, 2.24) is 4.90 Å². The van der Waals surface area contributed by atoms with Crippen molar-refractivity contribution < 1.29 is 19.4 Å². The minimum Gasteiger partial charge on any atom is -0.444 e. The Labute approximate surface area is 109 Å². The number of ether oxygens (including phenoxy) is 2. The molecule has 18 heavy (non-hydrogen) atoms. The van der Waals surface area contributed by atoms with Crippen molar-refractivity contribution in [3.8, 4) is 0 Å². The van der Waals surface area contributed by atoms with E-state index >= 15 is 0 Å². The van der Waals surface area contributed by atoms with Crippen LogP contribution in [0.15, 0.2) is 0 Å². The first kappa shape index (κ1) is 15.2. The number of rotatable bonds is 4. The minimum atomic E-state index is -0.514. The Bertz CT molecular complexity index is 275. The Kier molecular flexibility index (Phi) is 5.41. The zero-order valence-corrected chi connectivity index (χ0v) is 11.8. The number of amides is 1. The van der Waals surface area contributed by atoms with E-state index in [1.807, 2.05) is 27.7 Å². The fraction of sp³-hybridized carbons (Fsp3) is 0.923. The first-order chi connectivity index (χ1) is 8.37. The normalized spacial score (nSPS) is 24.4. The predicted molar refractivity (Wildman–Crippen MR) is 68.5 cm³/mol. The van der Waals surface area contributed by atoms with Gasteiger partial charge < -0.3 is 19.5 Å². The molecule has 0 bridgehead atoms. The van der Waals surface area contributed by atoms with Crippen LogP contribution in [0, 0.1) is 0 Å². The molecule has 0 saturated carbocycles. The molecule has 0 spiro atoms. The van der Waals surface area contributed by atoms with Gasteiger partial charge in [-0.25, -0.2) is 4.79 Å². The lowest BCUT2D eigenvalue weighted by Gasteiger charge is -2.27. The summed E-state index contributed by atoms with van der Waals surface area (Å²) in [5.41, 5.74) is -0.514. The van der Waals surface area contributed by atoms with Crippen molar-refractivity contribution in [2.24, 2.45) is 0 Å². The number of hydrogen-bond acceptors (Lipinski definition) is 4. The first-order valence-electron chi connectivity index (χ1n) is 6.59. The summed E-state index contributed by atoms with van der Waals surface area (Å²) in [4.78, 5) is 13.6. The highest BCUT2D eigenvalue weighted by Gasteiger charge is 2.37. The molecule has 5 nitrogen and oxygen atoms in total. The maximum Gasteiger partial charge on any atom is 0.410 e. The number of carbonyl (C=O) groups excluding carboxylic acids is 1. The molecule has 0 unspecified atom stereocenters. The van der Waals surface area contributed by atoms with Crippen LogP contribution in [-0.2, 0) is 9.47 Å². The van der Waals surface area contributed by atoms with Crippen LogP contribution >= 0.6 is 0 Å². The van der Waals surface area contributed by atoms with Crippen molar-refractivity contribution in [2.45, 2.75) is 58.3 Å². The lowest BCUT2D eigenvalue weighted by molar-refractivity contribution is 0.0134. The summed E-state index contributed by atoms with van der Waals surface area (Å²) in [5, 5.41) is 9.32. The molecule has 1 aliphatic rings. The Morgan fingerprint density at radius 3 is 2.61 bits per heavy atom. The quantitative estimate of drug-likeness (QED) is 0.836. The molecule has 1 aliphatic heterocycles. The van der Waals surface area contributed by atoms with Gasteiger partial charge in [0.15, 0.2) is 0 Å². The summed E-state index contributed by atoms with van der Waals surface area (Å²) in [7, 11) is 0. The molecule has 106 valence electrons. The van der Waals surface area contributed by atoms with Gasteiger partial charge in [0, 0.05) is 6.61 Å². The summed E-state index contributed by atoms with van der Waals surface area (Å²) in [6.07, 6.45) is 1.27. The lowest BCUT2D eigenvalue weighted by Crippen LogP contribution is -2.41. The van der Waals surface area contributed by atoms with Crippen LogP contribution in [0.1, 0.15) is 40.5 Å². The van der Waals surface area contributed by atoms with Crippen LogP contribution in [0.5, 0.6) is 0 Å². The van der Waals surface area contributed by atoms with E-state index in [4.69, 9.17) is 9.47 Å². The smallest absolute Gasteiger partial charge is 0.410 e. The van der Waals surface area contributed by atoms with Gasteiger partial charge in [0.1, 0.15) is 5.60 Å². The SMILES string of the molecule is CCCO[C@@H]1C[C@@H](CO)N(C(=O)OC(C)(C)C)C1. The van der Waals surface area contributed by atoms with Gasteiger partial charge in [-0.05, 0) is 33.6 Å². The van der Waals surface area contributed by atoms with Gasteiger partial charge in [0.2, 0.25) is 0 Å². The third-order valence-corrected chi connectivity index (χ3v) is 2.77. The van der Waals surface area contributed by atoms with Crippen molar-refractivity contribution >= 4 is 6.09 Å². The first-order valence-corrected chi connectivity index (χ1v) is 6.59. The Hall–Kier alpha value is -0.810. The van der Waals surface area contributed by atoms with Crippen LogP contribution in [0.25, 0.3) is 0 Å². The highest BCUT2D eigenvalue weighted by Crippen LogP contribution is 2.23. The maximum absolute atomic E-state index is 12.0. The second-order valence-corrected chi connectivity index (χ2v) is 5.70. The molecule has 0 aliphatic carbocycles. The molecule has 2 atom stereocenters. The van der Waals surface area contributed by atoms with Crippen molar-refractivity contribution in [1.29, 1.82) is 0 Å². The molecular formula is C13H25NO4. The largest absolute Gasteiger partial charge is 0.444 e. The van der Waals surface area contributed by atoms with Gasteiger partial charge in [0.25, 0.3) is 0 Å². The second kappa shape index (κ2) is 6.38. The van der Waals surface area contributed by atoms with Crippen molar-refractivity contribution in [3.05, 3.63) is 0 Å². The summed E-state index contributed by atoms with van der Waals surface area (Å²) in [6.45, 7) is 8.68. The molecule has 1 heterocycles. The van der Waals surface area contributed by atoms with E-state index in [2.05, 4.69) is 0 Å². The van der Waals surface area contributed by atoms with E-state index in [9.17, 15) is 9.90 Å². The van der Waals surface area contributed by atoms with Gasteiger partial charge in [-0.15, -0.1) is 0 Å². The molecule has 0 aromatic carbocycles. The van der Waals surface area contributed by atoms with Gasteiger partial charge in [-0.1, -0.05) is 6.92 Å². The van der Waals surface area contributed by atoms with Gasteiger partial charge >= 0.3 is 6.09 Å². The van der Waals surface area contributed by atoms with E-state index in [1.54, 1.807) is 4.90 Å². The minimum absolute atomic E-state index is 0.00891. The number of hydrogen-bond donors (Lipinski definition) is 1. The average molecular weight is 259 g/mol. The third kappa shape index (κ3) is 4.46. The fourth-order valence-corrected chi connectivity index (χ4v) is 2.00. The molecule has 0 radical (unpaired) electrons. The van der Waals surface area contributed by atoms with Crippen molar-refractivity contribution in [3.63, 3.8) is 0 Å². The Morgan fingerprint density at radius 1 is 1.44 bits per heavy atom. The van der Waals surface area contributed by atoms with E-state index < -0.39 is 5.60 Å². The molecule has 1 rings (SSSR count). The van der Waals surface area contributed by atoms with Crippen LogP contribution < -0.4 is 0 Å². The highest BCUT2D eigenvalue weighted by atomic mass is 16.6. The van der Waals surface area contributed by atoms with E-state index in [1.165, 1.54) is 0 Å². The molecule has 0 aromatic heterocycles. The number of carbonyl (C=O) groups is 1. The maximum atomic E-state index is 12.0. The number of aliphatic hydroxyl groups is 1. The van der Waals surface area contributed by atoms with Crippen LogP contribution in [0.3, 0.4) is 0 Å². The topological polar surface area (TPSA) is 59.0 Å². The second-order valence-electron chi connectivity index (χ2n) is 5.70. The Morgan fingerprint density at radius 2 is 2.11 bits per heavy atom. The summed E-state index contributed by atoms with van der Waals surface area (Å²) in [6, 6.07) is -0.193. The number of nitrogens with zero attached hydrogens (tertiary/aromatic N) is 1. The molecule has 0 aromatic rings. The predicted octanol–water partition coefficient (Wildman–Crippen LogP) is 1.78. The monoisotopic (exact) mass is 259 g/mol. The van der Waals surface area contributed by atoms with Gasteiger partial charge in [-0.2, -0.15) is 0 Å². The molecular weight excluding hydrogens is 234 g/mol. The standard InChI is InChI=1S/C13H25NO4/c1-5-6-17-11-7-10(9-15)14(8-11)12(16)18-13(2,3)4/h10-11,15H,5-9H2,1-4H3/t10-,11+/m0/s1. The summed E-state index contributed by atoms with van der Waals surface area (Å²) >= 11 is 0. The number of aliphatic hydroxyl groups excluding tert-OH is 1. The van der Waals surface area contributed by atoms with E-state index in [0.717, 1.165) is 6.42 Å². The lowest BCUT2D eigenvalue weighted by atomic mass is 10.2. The third-order valence-electron chi connectivity index (χ3n) is 2.77. The zero-order valence-electron chi connectivity index (χ0n) is 11.8. The molecule has 1 fully saturated rings. The molecule has 1 amide bonds. The van der Waals surface area contributed by atoms with Crippen LogP contribution in [0.2, 0.25) is 0 Å². The van der Waals surface area contributed by atoms with Crippen LogP contribution in [0.4, 0.5) is 4.79 Å². The average Bonchev–Trinajstić information content (AvgIpc) is 2.67. The molecule has 1 saturated heterocycles. The van der Waals surface area contributed by atoms with E-state index in [-0.39, 0.29) is 24.8 Å². The number of likely N-dealkylation sites (tertiary alicyclic amines) is 1. The van der Waals surface area contributed by atoms with Crippen molar-refractivity contribution in [2.75, 3.05) is 19.8 Å². The van der Waals surface area contributed by atoms with Gasteiger partial charge in [0.05, 0.1) is 25.3 Å². The van der Waals surface area contributed by atoms with Gasteiger partial charge in [-0.3, -0.25) is 0 Å². The van der Waals surface area contributed by atoms with Crippen LogP contribution in [-0.4, -0.2) is 53.6 Å². The summed E-state index contributed by atoms with van der Waals surface area (Å²) in [5.74, 6) is 0. The van der Waals surface area contributed by atoms with E-state index in [0.29, 0.717) is 19.6 Å². The summed E-state index contributed by atoms with van der Waals surface area (Å²) < 4.78 is 11.0. The zero-order chi connectivity index (χ0) is 13.8.